The van der Waals surface area contributed by atoms with Crippen LogP contribution in [-0.2, 0) is 9.59 Å². The van der Waals surface area contributed by atoms with Crippen molar-refractivity contribution in [2.24, 2.45) is 5.92 Å². The number of hydrogen-bond acceptors (Lipinski definition) is 5. The average Bonchev–Trinajstić information content (AvgIpc) is 2.77. The summed E-state index contributed by atoms with van der Waals surface area (Å²) >= 11 is 5.63. The Morgan fingerprint density at radius 2 is 1.52 bits per heavy atom. The second-order valence-electron chi connectivity index (χ2n) is 7.35. The lowest BCUT2D eigenvalue weighted by Gasteiger charge is -2.39. The largest absolute Gasteiger partial charge is 0.383 e. The maximum atomic E-state index is 13.5. The van der Waals surface area contributed by atoms with E-state index in [1.165, 1.54) is 9.80 Å². The zero-order valence-electron chi connectivity index (χ0n) is 17.3. The Balaban J connectivity index is 1.74. The maximum Gasteiger partial charge on any atom is 0.248 e. The number of hydrogen-bond donors (Lipinski definition) is 1. The monoisotopic (exact) mass is 430 g/mol. The Kier molecular flexibility index (Phi) is 5.77. The van der Waals surface area contributed by atoms with Crippen LogP contribution < -0.4 is 15.1 Å². The molecular formula is C24H22N4O2S. The molecular weight excluding hydrogens is 408 g/mol. The number of carbonyl (C=O) groups is 2. The highest BCUT2D eigenvalue weighted by Crippen LogP contribution is 2.30. The Hall–Kier alpha value is -3.58. The third-order valence-electron chi connectivity index (χ3n) is 5.30. The Morgan fingerprint density at radius 1 is 0.871 bits per heavy atom. The minimum Gasteiger partial charge on any atom is -0.383 e. The lowest BCUT2D eigenvalue weighted by molar-refractivity contribution is -0.131. The van der Waals surface area contributed by atoms with Crippen molar-refractivity contribution in [2.75, 3.05) is 21.7 Å². The molecule has 1 N–H and O–H groups in total. The predicted octanol–water partition coefficient (Wildman–Crippen LogP) is 4.09. The van der Waals surface area contributed by atoms with E-state index in [1.807, 2.05) is 62.4 Å². The molecule has 31 heavy (non-hydrogen) atoms. The minimum atomic E-state index is -0.951. The summed E-state index contributed by atoms with van der Waals surface area (Å²) in [5.74, 6) is -1.30. The van der Waals surface area contributed by atoms with Gasteiger partial charge < -0.3 is 5.32 Å². The van der Waals surface area contributed by atoms with E-state index in [2.05, 4.69) is 10.3 Å². The van der Waals surface area contributed by atoms with Crippen molar-refractivity contribution in [2.45, 2.75) is 13.8 Å². The average molecular weight is 431 g/mol. The lowest BCUT2D eigenvalue weighted by atomic mass is 10.0. The summed E-state index contributed by atoms with van der Waals surface area (Å²) in [6.07, 6.45) is 1.60. The van der Waals surface area contributed by atoms with Gasteiger partial charge in [0.05, 0.1) is 5.69 Å². The van der Waals surface area contributed by atoms with Gasteiger partial charge in [-0.15, -0.1) is 0 Å². The number of carbonyl (C=O) groups excluding carboxylic acids is 2. The Morgan fingerprint density at radius 3 is 2.19 bits per heavy atom. The van der Waals surface area contributed by atoms with E-state index in [0.29, 0.717) is 11.5 Å². The smallest absolute Gasteiger partial charge is 0.248 e. The molecule has 0 aliphatic carbocycles. The number of amides is 2. The second-order valence-corrected chi connectivity index (χ2v) is 7.72. The minimum absolute atomic E-state index is 0.107. The summed E-state index contributed by atoms with van der Waals surface area (Å²) in [5, 5.41) is 3.36. The van der Waals surface area contributed by atoms with Gasteiger partial charge in [-0.05, 0) is 61.5 Å². The second kappa shape index (κ2) is 8.65. The van der Waals surface area contributed by atoms with Crippen LogP contribution in [0.4, 0.5) is 17.2 Å². The van der Waals surface area contributed by atoms with E-state index in [0.717, 1.165) is 16.8 Å². The van der Waals surface area contributed by atoms with Crippen LogP contribution >= 0.6 is 12.2 Å². The molecule has 1 fully saturated rings. The fourth-order valence-electron chi connectivity index (χ4n) is 3.60. The molecule has 6 nitrogen and oxygen atoms in total. The molecule has 3 aromatic rings. The normalized spacial score (nSPS) is 16.6. The van der Waals surface area contributed by atoms with E-state index < -0.39 is 5.92 Å². The van der Waals surface area contributed by atoms with Crippen LogP contribution in [-0.4, -0.2) is 28.5 Å². The van der Waals surface area contributed by atoms with Crippen LogP contribution in [0.2, 0.25) is 0 Å². The first-order valence-electron chi connectivity index (χ1n) is 9.97. The molecule has 0 saturated carbocycles. The van der Waals surface area contributed by atoms with E-state index in [1.54, 1.807) is 24.4 Å². The third kappa shape index (κ3) is 3.92. The van der Waals surface area contributed by atoms with Gasteiger partial charge in [0.15, 0.2) is 5.11 Å². The highest BCUT2D eigenvalue weighted by atomic mass is 32.1. The van der Waals surface area contributed by atoms with Crippen molar-refractivity contribution < 1.29 is 9.59 Å². The fourth-order valence-corrected chi connectivity index (χ4v) is 3.97. The van der Waals surface area contributed by atoms with Crippen molar-refractivity contribution >= 4 is 46.3 Å². The number of anilines is 3. The van der Waals surface area contributed by atoms with Crippen LogP contribution in [0.1, 0.15) is 11.1 Å². The molecule has 1 atom stereocenters. The summed E-state index contributed by atoms with van der Waals surface area (Å²) in [4.78, 5) is 34.0. The molecule has 156 valence electrons. The number of pyridine rings is 1. The molecule has 1 aliphatic heterocycles. The molecule has 2 aromatic carbocycles. The molecule has 0 spiro atoms. The molecule has 1 saturated heterocycles. The Labute approximate surface area is 186 Å². The maximum absolute atomic E-state index is 13.5. The van der Waals surface area contributed by atoms with E-state index >= 15 is 0 Å². The van der Waals surface area contributed by atoms with Gasteiger partial charge in [0, 0.05) is 18.4 Å². The number of thiocarbonyl (C=S) groups is 1. The van der Waals surface area contributed by atoms with Crippen LogP contribution in [0, 0.1) is 19.8 Å². The SMILES string of the molecule is Cc1ccccc1NCC1C(=O)N(c2ccccn2)C(=S)N(c2ccccc2C)C1=O. The van der Waals surface area contributed by atoms with Gasteiger partial charge in [-0.2, -0.15) is 0 Å². The molecule has 4 rings (SSSR count). The number of aryl methyl sites for hydroxylation is 2. The molecule has 7 heteroatoms. The van der Waals surface area contributed by atoms with Crippen molar-refractivity contribution in [3.63, 3.8) is 0 Å². The van der Waals surface area contributed by atoms with Gasteiger partial charge in [0.2, 0.25) is 11.8 Å². The summed E-state index contributed by atoms with van der Waals surface area (Å²) in [7, 11) is 0. The number of aromatic nitrogens is 1. The van der Waals surface area contributed by atoms with Crippen LogP contribution in [0.25, 0.3) is 0 Å². The van der Waals surface area contributed by atoms with Gasteiger partial charge in [-0.25, -0.2) is 9.88 Å². The first-order valence-corrected chi connectivity index (χ1v) is 10.4. The van der Waals surface area contributed by atoms with Crippen molar-refractivity contribution in [1.82, 2.24) is 4.98 Å². The van der Waals surface area contributed by atoms with Crippen molar-refractivity contribution in [3.05, 3.63) is 84.1 Å². The number of benzene rings is 2. The summed E-state index contributed by atoms with van der Waals surface area (Å²) < 4.78 is 0. The number of nitrogens with one attached hydrogen (secondary N) is 1. The highest BCUT2D eigenvalue weighted by molar-refractivity contribution is 7.81. The van der Waals surface area contributed by atoms with Crippen molar-refractivity contribution in [1.29, 1.82) is 0 Å². The quantitative estimate of drug-likeness (QED) is 0.488. The van der Waals surface area contributed by atoms with Crippen LogP contribution in [0.15, 0.2) is 72.9 Å². The lowest BCUT2D eigenvalue weighted by Crippen LogP contribution is -2.62. The first kappa shape index (κ1) is 20.7. The molecule has 1 aliphatic rings. The molecule has 0 bridgehead atoms. The fraction of sp³-hybridized carbons (Fsp3) is 0.167. The molecule has 1 aromatic heterocycles. The topological polar surface area (TPSA) is 65.5 Å². The molecule has 2 amide bonds. The van der Waals surface area contributed by atoms with E-state index in [-0.39, 0.29) is 23.5 Å². The van der Waals surface area contributed by atoms with E-state index in [4.69, 9.17) is 12.2 Å². The predicted molar refractivity (Wildman–Crippen MR) is 126 cm³/mol. The standard InChI is InChI=1S/C24H22N4O2S/c1-16-9-3-5-11-19(16)26-15-18-22(29)27(20-12-6-4-10-17(20)2)24(31)28(23(18)30)21-13-7-8-14-25-21/h3-14,18,26H,15H2,1-2H3. The summed E-state index contributed by atoms with van der Waals surface area (Å²) in [6, 6.07) is 20.5. The number of para-hydroxylation sites is 2. The van der Waals surface area contributed by atoms with Gasteiger partial charge in [0.1, 0.15) is 11.7 Å². The van der Waals surface area contributed by atoms with Crippen LogP contribution in [0.3, 0.4) is 0 Å². The summed E-state index contributed by atoms with van der Waals surface area (Å²) in [5.41, 5.74) is 3.46. The van der Waals surface area contributed by atoms with Gasteiger partial charge in [0.25, 0.3) is 0 Å². The molecule has 2 heterocycles. The van der Waals surface area contributed by atoms with Crippen LogP contribution in [0.5, 0.6) is 0 Å². The van der Waals surface area contributed by atoms with Gasteiger partial charge >= 0.3 is 0 Å². The third-order valence-corrected chi connectivity index (χ3v) is 5.66. The highest BCUT2D eigenvalue weighted by Gasteiger charge is 2.45. The number of rotatable bonds is 5. The zero-order chi connectivity index (χ0) is 22.0. The van der Waals surface area contributed by atoms with E-state index in [9.17, 15) is 9.59 Å². The first-order chi connectivity index (χ1) is 15.0. The number of nitrogens with zero attached hydrogens (tertiary/aromatic N) is 3. The van der Waals surface area contributed by atoms with Gasteiger partial charge in [-0.1, -0.05) is 42.5 Å². The zero-order valence-corrected chi connectivity index (χ0v) is 18.1. The molecule has 0 radical (unpaired) electrons. The Bertz CT molecular complexity index is 1150. The summed E-state index contributed by atoms with van der Waals surface area (Å²) in [6.45, 7) is 4.03. The van der Waals surface area contributed by atoms with Crippen molar-refractivity contribution in [3.8, 4) is 0 Å². The molecule has 1 unspecified atom stereocenters. The van der Waals surface area contributed by atoms with Gasteiger partial charge in [-0.3, -0.25) is 14.5 Å².